The van der Waals surface area contributed by atoms with Gasteiger partial charge in [-0.15, -0.1) is 0 Å². The Morgan fingerprint density at radius 3 is 2.58 bits per heavy atom. The van der Waals surface area contributed by atoms with Crippen LogP contribution < -0.4 is 14.8 Å². The minimum Gasteiger partial charge on any atom is -0.496 e. The normalized spacial score (nSPS) is 21.1. The lowest BCUT2D eigenvalue weighted by Crippen LogP contribution is -2.29. The van der Waals surface area contributed by atoms with E-state index in [2.05, 4.69) is 44.2 Å². The predicted octanol–water partition coefficient (Wildman–Crippen LogP) is 6.39. The van der Waals surface area contributed by atoms with Crippen LogP contribution in [0.1, 0.15) is 35.1 Å². The molecule has 7 heteroatoms. The van der Waals surface area contributed by atoms with Crippen LogP contribution in [0.4, 0.5) is 11.4 Å². The molecular weight excluding hydrogens is 500 g/mol. The molecule has 3 aromatic rings. The van der Waals surface area contributed by atoms with Crippen molar-refractivity contribution < 1.29 is 13.2 Å². The summed E-state index contributed by atoms with van der Waals surface area (Å²) in [6.45, 7) is 1.97. The number of ether oxygens (including phenoxy) is 1. The lowest BCUT2D eigenvalue weighted by Gasteiger charge is -2.38. The second-order valence-electron chi connectivity index (χ2n) is 8.58. The van der Waals surface area contributed by atoms with E-state index in [1.54, 1.807) is 31.4 Å². The van der Waals surface area contributed by atoms with Crippen LogP contribution >= 0.6 is 15.9 Å². The number of rotatable bonds is 5. The number of fused-ring (bicyclic) bond motifs is 3. The molecule has 0 fully saturated rings. The van der Waals surface area contributed by atoms with Crippen LogP contribution in [-0.2, 0) is 10.0 Å². The largest absolute Gasteiger partial charge is 0.496 e. The highest BCUT2D eigenvalue weighted by molar-refractivity contribution is 9.10. The summed E-state index contributed by atoms with van der Waals surface area (Å²) in [5.74, 6) is 1.24. The first-order chi connectivity index (χ1) is 15.9. The first-order valence-corrected chi connectivity index (χ1v) is 13.1. The first-order valence-electron chi connectivity index (χ1n) is 10.9. The van der Waals surface area contributed by atoms with Gasteiger partial charge in [-0.1, -0.05) is 45.8 Å². The molecule has 0 radical (unpaired) electrons. The summed E-state index contributed by atoms with van der Waals surface area (Å²) in [6, 6.07) is 18.8. The molecule has 2 N–H and O–H groups in total. The summed E-state index contributed by atoms with van der Waals surface area (Å²) < 4.78 is 35.5. The topological polar surface area (TPSA) is 67.4 Å². The molecule has 0 bridgehead atoms. The molecule has 0 spiro atoms. The quantitative estimate of drug-likeness (QED) is 0.379. The SMILES string of the molecule is COc1ccc(Br)cc1[C@H]1Nc2ccc(S(=O)(=O)Nc3ccc(C)cc3)cc2[C@H]2C=CC[C@H]21. The van der Waals surface area contributed by atoms with Crippen molar-refractivity contribution in [1.82, 2.24) is 0 Å². The highest BCUT2D eigenvalue weighted by Crippen LogP contribution is 2.51. The van der Waals surface area contributed by atoms with Crippen LogP contribution in [-0.4, -0.2) is 15.5 Å². The number of sulfonamides is 1. The lowest BCUT2D eigenvalue weighted by atomic mass is 9.77. The van der Waals surface area contributed by atoms with Crippen molar-refractivity contribution in [3.05, 3.63) is 94.0 Å². The zero-order valence-corrected chi connectivity index (χ0v) is 20.8. The third-order valence-electron chi connectivity index (χ3n) is 6.48. The molecule has 1 heterocycles. The van der Waals surface area contributed by atoms with Gasteiger partial charge in [0, 0.05) is 27.3 Å². The number of anilines is 2. The van der Waals surface area contributed by atoms with Gasteiger partial charge in [-0.25, -0.2) is 8.42 Å². The average Bonchev–Trinajstić information content (AvgIpc) is 3.30. The summed E-state index contributed by atoms with van der Waals surface area (Å²) in [6.07, 6.45) is 5.30. The zero-order valence-electron chi connectivity index (χ0n) is 18.4. The summed E-state index contributed by atoms with van der Waals surface area (Å²) in [5.41, 5.74) is 4.68. The summed E-state index contributed by atoms with van der Waals surface area (Å²) >= 11 is 3.59. The number of methoxy groups -OCH3 is 1. The molecule has 5 rings (SSSR count). The number of benzene rings is 3. The van der Waals surface area contributed by atoms with Gasteiger partial charge >= 0.3 is 0 Å². The minimum atomic E-state index is -3.70. The Morgan fingerprint density at radius 1 is 1.03 bits per heavy atom. The molecule has 0 saturated heterocycles. The molecular formula is C26H25BrN2O3S. The Bertz CT molecular complexity index is 1340. The van der Waals surface area contributed by atoms with Crippen molar-refractivity contribution in [1.29, 1.82) is 0 Å². The summed E-state index contributed by atoms with van der Waals surface area (Å²) in [7, 11) is -2.01. The first kappa shape index (κ1) is 22.0. The molecule has 3 aromatic carbocycles. The molecule has 1 aliphatic heterocycles. The molecule has 170 valence electrons. The molecule has 0 aromatic heterocycles. The van der Waals surface area contributed by atoms with E-state index in [0.717, 1.165) is 39.0 Å². The molecule has 2 aliphatic rings. The van der Waals surface area contributed by atoms with Gasteiger partial charge in [0.25, 0.3) is 10.0 Å². The highest BCUT2D eigenvalue weighted by atomic mass is 79.9. The van der Waals surface area contributed by atoms with E-state index in [1.807, 2.05) is 37.3 Å². The maximum absolute atomic E-state index is 13.1. The van der Waals surface area contributed by atoms with Crippen molar-refractivity contribution >= 4 is 37.3 Å². The monoisotopic (exact) mass is 524 g/mol. The molecule has 0 saturated carbocycles. The smallest absolute Gasteiger partial charge is 0.261 e. The van der Waals surface area contributed by atoms with Crippen LogP contribution in [0.3, 0.4) is 0 Å². The molecule has 3 atom stereocenters. The van der Waals surface area contributed by atoms with E-state index in [1.165, 1.54) is 0 Å². The Balaban J connectivity index is 1.50. The van der Waals surface area contributed by atoms with E-state index in [9.17, 15) is 8.42 Å². The third kappa shape index (κ3) is 4.15. The van der Waals surface area contributed by atoms with E-state index in [0.29, 0.717) is 5.69 Å². The number of nitrogens with one attached hydrogen (secondary N) is 2. The highest BCUT2D eigenvalue weighted by Gasteiger charge is 2.39. The van der Waals surface area contributed by atoms with Gasteiger partial charge in [-0.3, -0.25) is 4.72 Å². The van der Waals surface area contributed by atoms with Gasteiger partial charge in [0.15, 0.2) is 0 Å². The predicted molar refractivity (Wildman–Crippen MR) is 135 cm³/mol. The Kier molecular flexibility index (Phi) is 5.70. The molecule has 1 aliphatic carbocycles. The number of allylic oxidation sites excluding steroid dienone is 2. The molecule has 33 heavy (non-hydrogen) atoms. The van der Waals surface area contributed by atoms with Crippen molar-refractivity contribution in [2.24, 2.45) is 5.92 Å². The molecule has 5 nitrogen and oxygen atoms in total. The summed E-state index contributed by atoms with van der Waals surface area (Å²) in [5, 5.41) is 3.67. The van der Waals surface area contributed by atoms with Crippen molar-refractivity contribution in [2.75, 3.05) is 17.1 Å². The van der Waals surface area contributed by atoms with E-state index in [4.69, 9.17) is 4.74 Å². The van der Waals surface area contributed by atoms with E-state index in [-0.39, 0.29) is 22.8 Å². The van der Waals surface area contributed by atoms with Crippen LogP contribution in [0, 0.1) is 12.8 Å². The number of halogens is 1. The van der Waals surface area contributed by atoms with Gasteiger partial charge in [0.05, 0.1) is 18.0 Å². The summed E-state index contributed by atoms with van der Waals surface area (Å²) in [4.78, 5) is 0.265. The van der Waals surface area contributed by atoms with Gasteiger partial charge < -0.3 is 10.1 Å². The van der Waals surface area contributed by atoms with Crippen LogP contribution in [0.15, 0.2) is 82.2 Å². The molecule has 0 unspecified atom stereocenters. The van der Waals surface area contributed by atoms with Crippen molar-refractivity contribution in [2.45, 2.75) is 30.2 Å². The van der Waals surface area contributed by atoms with Crippen LogP contribution in [0.5, 0.6) is 5.75 Å². The number of hydrogen-bond acceptors (Lipinski definition) is 4. The van der Waals surface area contributed by atoms with Crippen LogP contribution in [0.25, 0.3) is 0 Å². The van der Waals surface area contributed by atoms with E-state index >= 15 is 0 Å². The minimum absolute atomic E-state index is 0.0538. The lowest BCUT2D eigenvalue weighted by molar-refractivity contribution is 0.381. The van der Waals surface area contributed by atoms with Gasteiger partial charge in [-0.2, -0.15) is 0 Å². The van der Waals surface area contributed by atoms with Gasteiger partial charge in [-0.05, 0) is 73.4 Å². The Morgan fingerprint density at radius 2 is 1.82 bits per heavy atom. The second kappa shape index (κ2) is 8.54. The van der Waals surface area contributed by atoms with E-state index < -0.39 is 10.0 Å². The van der Waals surface area contributed by atoms with Crippen molar-refractivity contribution in [3.63, 3.8) is 0 Å². The number of aryl methyl sites for hydroxylation is 1. The van der Waals surface area contributed by atoms with Crippen molar-refractivity contribution in [3.8, 4) is 5.75 Å². The Labute approximate surface area is 203 Å². The maximum atomic E-state index is 13.1. The van der Waals surface area contributed by atoms with Gasteiger partial charge in [0.2, 0.25) is 0 Å². The number of hydrogen-bond donors (Lipinski definition) is 2. The fourth-order valence-corrected chi connectivity index (χ4v) is 6.30. The zero-order chi connectivity index (χ0) is 23.2. The van der Waals surface area contributed by atoms with Gasteiger partial charge in [0.1, 0.15) is 5.75 Å². The third-order valence-corrected chi connectivity index (χ3v) is 8.35. The fourth-order valence-electron chi connectivity index (χ4n) is 4.83. The maximum Gasteiger partial charge on any atom is 0.261 e. The second-order valence-corrected chi connectivity index (χ2v) is 11.2. The fraction of sp³-hybridized carbons (Fsp3) is 0.231. The average molecular weight is 525 g/mol. The Hall–Kier alpha value is -2.77. The molecule has 0 amide bonds. The standard InChI is InChI=1S/C26H25BrN2O3S/c1-16-6-9-18(10-7-16)29-33(30,31)19-11-12-24-22(15-19)20-4-3-5-21(20)26(28-24)23-14-17(27)8-13-25(23)32-2/h3-4,6-15,20-21,26,28-29H,5H2,1-2H3/t20-,21+,26-/m0/s1. The van der Waals surface area contributed by atoms with Crippen LogP contribution in [0.2, 0.25) is 0 Å².